The maximum absolute atomic E-state index is 6.22. The quantitative estimate of drug-likeness (QED) is 0.566. The van der Waals surface area contributed by atoms with Gasteiger partial charge in [-0.1, -0.05) is 42.5 Å². The maximum atomic E-state index is 6.22. The zero-order valence-electron chi connectivity index (χ0n) is 10.8. The molecule has 0 spiro atoms. The van der Waals surface area contributed by atoms with E-state index in [1.165, 1.54) is 10.8 Å². The number of hydrogen-bond donors (Lipinski definition) is 1. The minimum Gasteiger partial charge on any atom is -0.383 e. The number of benzene rings is 2. The van der Waals surface area contributed by atoms with Gasteiger partial charge in [-0.3, -0.25) is 4.40 Å². The Morgan fingerprint density at radius 2 is 1.65 bits per heavy atom. The van der Waals surface area contributed by atoms with Crippen LogP contribution in [-0.2, 0) is 0 Å². The summed E-state index contributed by atoms with van der Waals surface area (Å²) >= 11 is 0. The molecule has 0 saturated heterocycles. The van der Waals surface area contributed by atoms with Gasteiger partial charge in [0.05, 0.1) is 0 Å². The molecule has 20 heavy (non-hydrogen) atoms. The maximum Gasteiger partial charge on any atom is 0.139 e. The average Bonchev–Trinajstić information content (AvgIpc) is 2.84. The van der Waals surface area contributed by atoms with Crippen molar-refractivity contribution in [1.29, 1.82) is 0 Å². The molecular formula is C17H13N3. The monoisotopic (exact) mass is 259 g/mol. The van der Waals surface area contributed by atoms with Crippen molar-refractivity contribution >= 4 is 22.2 Å². The second-order valence-electron chi connectivity index (χ2n) is 4.84. The molecule has 0 radical (unpaired) electrons. The van der Waals surface area contributed by atoms with Gasteiger partial charge >= 0.3 is 0 Å². The Labute approximate surface area is 116 Å². The van der Waals surface area contributed by atoms with E-state index in [1.807, 2.05) is 40.9 Å². The molecule has 96 valence electrons. The average molecular weight is 259 g/mol. The Morgan fingerprint density at radius 1 is 0.850 bits per heavy atom. The second-order valence-corrected chi connectivity index (χ2v) is 4.84. The first-order valence-corrected chi connectivity index (χ1v) is 6.55. The lowest BCUT2D eigenvalue weighted by Gasteiger charge is -2.02. The summed E-state index contributed by atoms with van der Waals surface area (Å²) in [5, 5.41) is 2.42. The van der Waals surface area contributed by atoms with Gasteiger partial charge in [0.2, 0.25) is 0 Å². The summed E-state index contributed by atoms with van der Waals surface area (Å²) in [6.07, 6.45) is 1.93. The molecule has 2 aromatic carbocycles. The molecule has 2 N–H and O–H groups in total. The second kappa shape index (κ2) is 4.10. The number of nitrogens with zero attached hydrogens (tertiary/aromatic N) is 2. The first-order valence-electron chi connectivity index (χ1n) is 6.55. The predicted molar refractivity (Wildman–Crippen MR) is 82.5 cm³/mol. The molecule has 0 aliphatic carbocycles. The summed E-state index contributed by atoms with van der Waals surface area (Å²) in [5.41, 5.74) is 8.97. The highest BCUT2D eigenvalue weighted by Gasteiger charge is 2.10. The molecule has 0 aliphatic rings. The van der Waals surface area contributed by atoms with Crippen molar-refractivity contribution in [3.8, 4) is 11.3 Å². The summed E-state index contributed by atoms with van der Waals surface area (Å²) in [6.45, 7) is 0. The zero-order chi connectivity index (χ0) is 13.5. The van der Waals surface area contributed by atoms with Crippen molar-refractivity contribution < 1.29 is 0 Å². The lowest BCUT2D eigenvalue weighted by atomic mass is 10.1. The van der Waals surface area contributed by atoms with Crippen LogP contribution in [0.4, 0.5) is 5.82 Å². The number of hydrogen-bond acceptors (Lipinski definition) is 2. The first kappa shape index (κ1) is 11.1. The number of imidazole rings is 1. The molecule has 2 heterocycles. The fourth-order valence-corrected chi connectivity index (χ4v) is 2.56. The predicted octanol–water partition coefficient (Wildman–Crippen LogP) is 3.74. The van der Waals surface area contributed by atoms with Gasteiger partial charge in [0.1, 0.15) is 17.2 Å². The SMILES string of the molecule is Nc1c(-c2ccc3ccccc3c2)nc2ccccn12. The van der Waals surface area contributed by atoms with E-state index in [9.17, 15) is 0 Å². The van der Waals surface area contributed by atoms with Crippen LogP contribution in [-0.4, -0.2) is 9.38 Å². The van der Waals surface area contributed by atoms with Crippen molar-refractivity contribution in [2.24, 2.45) is 0 Å². The third kappa shape index (κ3) is 1.57. The molecule has 0 amide bonds. The van der Waals surface area contributed by atoms with Crippen LogP contribution in [0.3, 0.4) is 0 Å². The van der Waals surface area contributed by atoms with E-state index in [4.69, 9.17) is 5.73 Å². The number of anilines is 1. The zero-order valence-corrected chi connectivity index (χ0v) is 10.8. The van der Waals surface area contributed by atoms with Gasteiger partial charge in [0.25, 0.3) is 0 Å². The minimum absolute atomic E-state index is 0.677. The van der Waals surface area contributed by atoms with Crippen molar-refractivity contribution in [2.45, 2.75) is 0 Å². The van der Waals surface area contributed by atoms with Gasteiger partial charge in [-0.25, -0.2) is 4.98 Å². The molecule has 0 aliphatic heterocycles. The van der Waals surface area contributed by atoms with E-state index >= 15 is 0 Å². The van der Waals surface area contributed by atoms with Gasteiger partial charge in [-0.05, 0) is 29.0 Å². The molecule has 4 aromatic rings. The molecule has 0 saturated carbocycles. The first-order chi connectivity index (χ1) is 9.83. The molecule has 0 atom stereocenters. The summed E-state index contributed by atoms with van der Waals surface area (Å²) < 4.78 is 1.91. The summed E-state index contributed by atoms with van der Waals surface area (Å²) in [5.74, 6) is 0.677. The van der Waals surface area contributed by atoms with Crippen molar-refractivity contribution in [2.75, 3.05) is 5.73 Å². The summed E-state index contributed by atoms with van der Waals surface area (Å²) in [4.78, 5) is 4.63. The third-order valence-electron chi connectivity index (χ3n) is 3.59. The van der Waals surface area contributed by atoms with Crippen LogP contribution in [0.25, 0.3) is 27.7 Å². The van der Waals surface area contributed by atoms with E-state index in [1.54, 1.807) is 0 Å². The van der Waals surface area contributed by atoms with Crippen LogP contribution < -0.4 is 5.73 Å². The lowest BCUT2D eigenvalue weighted by molar-refractivity contribution is 1.20. The van der Waals surface area contributed by atoms with Crippen LogP contribution in [0.5, 0.6) is 0 Å². The van der Waals surface area contributed by atoms with Gasteiger partial charge in [0, 0.05) is 11.8 Å². The molecular weight excluding hydrogens is 246 g/mol. The van der Waals surface area contributed by atoms with Crippen molar-refractivity contribution in [3.05, 3.63) is 66.9 Å². The van der Waals surface area contributed by atoms with Gasteiger partial charge in [0.15, 0.2) is 0 Å². The van der Waals surface area contributed by atoms with Crippen molar-refractivity contribution in [3.63, 3.8) is 0 Å². The van der Waals surface area contributed by atoms with Gasteiger partial charge in [-0.2, -0.15) is 0 Å². The van der Waals surface area contributed by atoms with Crippen molar-refractivity contribution in [1.82, 2.24) is 9.38 Å². The normalized spacial score (nSPS) is 11.2. The fraction of sp³-hybridized carbons (Fsp3) is 0. The summed E-state index contributed by atoms with van der Waals surface area (Å²) in [6, 6.07) is 20.5. The minimum atomic E-state index is 0.677. The van der Waals surface area contributed by atoms with Gasteiger partial charge in [-0.15, -0.1) is 0 Å². The van der Waals surface area contributed by atoms with E-state index in [-0.39, 0.29) is 0 Å². The highest BCUT2D eigenvalue weighted by Crippen LogP contribution is 2.28. The highest BCUT2D eigenvalue weighted by atomic mass is 15.1. The molecule has 3 heteroatoms. The molecule has 0 unspecified atom stereocenters. The molecule has 4 rings (SSSR count). The van der Waals surface area contributed by atoms with E-state index in [0.717, 1.165) is 16.9 Å². The van der Waals surface area contributed by atoms with Gasteiger partial charge < -0.3 is 5.73 Å². The third-order valence-corrected chi connectivity index (χ3v) is 3.59. The van der Waals surface area contributed by atoms with Crippen LogP contribution >= 0.6 is 0 Å². The molecule has 2 aromatic heterocycles. The van der Waals surface area contributed by atoms with E-state index < -0.39 is 0 Å². The largest absolute Gasteiger partial charge is 0.383 e. The topological polar surface area (TPSA) is 43.3 Å². The lowest BCUT2D eigenvalue weighted by Crippen LogP contribution is -1.93. The number of nitrogens with two attached hydrogens (primary N) is 1. The Kier molecular flexibility index (Phi) is 2.27. The number of pyridine rings is 1. The number of rotatable bonds is 1. The summed E-state index contributed by atoms with van der Waals surface area (Å²) in [7, 11) is 0. The molecule has 3 nitrogen and oxygen atoms in total. The van der Waals surface area contributed by atoms with Crippen LogP contribution in [0, 0.1) is 0 Å². The Bertz CT molecular complexity index is 922. The smallest absolute Gasteiger partial charge is 0.139 e. The van der Waals surface area contributed by atoms with Crippen LogP contribution in [0.1, 0.15) is 0 Å². The fourth-order valence-electron chi connectivity index (χ4n) is 2.56. The molecule has 0 bridgehead atoms. The van der Waals surface area contributed by atoms with E-state index in [0.29, 0.717) is 5.82 Å². The Morgan fingerprint density at radius 3 is 2.50 bits per heavy atom. The van der Waals surface area contributed by atoms with E-state index in [2.05, 4.69) is 35.3 Å². The number of fused-ring (bicyclic) bond motifs is 2. The van der Waals surface area contributed by atoms with Crippen LogP contribution in [0.2, 0.25) is 0 Å². The van der Waals surface area contributed by atoms with Crippen LogP contribution in [0.15, 0.2) is 66.9 Å². The highest BCUT2D eigenvalue weighted by molar-refractivity contribution is 5.88. The molecule has 0 fully saturated rings. The Balaban J connectivity index is 1.98. The number of nitrogen functional groups attached to an aromatic ring is 1. The standard InChI is InChI=1S/C17H13N3/c18-17-16(19-15-7-3-4-10-20(15)17)14-9-8-12-5-1-2-6-13(12)11-14/h1-11H,18H2. The number of aromatic nitrogens is 2. The Hall–Kier alpha value is -2.81.